The molecule has 1 unspecified atom stereocenters. The summed E-state index contributed by atoms with van der Waals surface area (Å²) >= 11 is 0. The van der Waals surface area contributed by atoms with Crippen molar-refractivity contribution in [2.75, 3.05) is 26.9 Å². The zero-order chi connectivity index (χ0) is 15.7. The van der Waals surface area contributed by atoms with Gasteiger partial charge in [0.25, 0.3) is 0 Å². The molecule has 0 aromatic heterocycles. The fourth-order valence-corrected chi connectivity index (χ4v) is 3.02. The normalized spacial score (nSPS) is 13.1. The Bertz CT molecular complexity index is 502. The highest BCUT2D eigenvalue weighted by atomic mass is 32.2. The lowest BCUT2D eigenvalue weighted by Gasteiger charge is -2.16. The smallest absolute Gasteiger partial charge is 0.240 e. The van der Waals surface area contributed by atoms with Crippen LogP contribution >= 0.6 is 0 Å². The zero-order valence-electron chi connectivity index (χ0n) is 12.5. The molecular formula is C14H24N2O4S. The van der Waals surface area contributed by atoms with Crippen molar-refractivity contribution in [3.05, 3.63) is 24.3 Å². The second-order valence-corrected chi connectivity index (χ2v) is 6.36. The van der Waals surface area contributed by atoms with Gasteiger partial charge in [0.05, 0.1) is 18.1 Å². The number of nitrogens with one attached hydrogen (secondary N) is 1. The Morgan fingerprint density at radius 1 is 1.29 bits per heavy atom. The quantitative estimate of drug-likeness (QED) is 0.631. The molecule has 0 aliphatic carbocycles. The van der Waals surface area contributed by atoms with Crippen LogP contribution in [0.2, 0.25) is 0 Å². The molecule has 7 heteroatoms. The lowest BCUT2D eigenvalue weighted by molar-refractivity contribution is 0.173. The van der Waals surface area contributed by atoms with Crippen LogP contribution in [0.4, 0.5) is 0 Å². The summed E-state index contributed by atoms with van der Waals surface area (Å²) in [6.45, 7) is 3.33. The summed E-state index contributed by atoms with van der Waals surface area (Å²) < 4.78 is 37.5. The fraction of sp³-hybridized carbons (Fsp3) is 0.571. The molecule has 1 rings (SSSR count). The molecule has 120 valence electrons. The van der Waals surface area contributed by atoms with Crippen molar-refractivity contribution in [2.45, 2.75) is 30.7 Å². The summed E-state index contributed by atoms with van der Waals surface area (Å²) in [4.78, 5) is 0.211. The minimum Gasteiger partial charge on any atom is -0.494 e. The van der Waals surface area contributed by atoms with Gasteiger partial charge in [-0.3, -0.25) is 0 Å². The molecule has 0 saturated heterocycles. The van der Waals surface area contributed by atoms with Crippen LogP contribution in [-0.2, 0) is 14.8 Å². The Hall–Kier alpha value is -1.15. The average Bonchev–Trinajstić information content (AvgIpc) is 2.47. The highest BCUT2D eigenvalue weighted by molar-refractivity contribution is 7.89. The molecule has 0 spiro atoms. The molecule has 1 aromatic rings. The molecular weight excluding hydrogens is 292 g/mol. The van der Waals surface area contributed by atoms with Crippen molar-refractivity contribution < 1.29 is 17.9 Å². The number of sulfonamides is 1. The molecule has 3 N–H and O–H groups in total. The van der Waals surface area contributed by atoms with E-state index in [9.17, 15) is 8.42 Å². The van der Waals surface area contributed by atoms with Gasteiger partial charge in [-0.15, -0.1) is 0 Å². The molecule has 1 atom stereocenters. The van der Waals surface area contributed by atoms with Crippen LogP contribution in [0.25, 0.3) is 0 Å². The Morgan fingerprint density at radius 2 is 1.95 bits per heavy atom. The first kappa shape index (κ1) is 17.9. The second-order valence-electron chi connectivity index (χ2n) is 4.64. The van der Waals surface area contributed by atoms with Crippen LogP contribution in [0, 0.1) is 0 Å². The SMILES string of the molecule is CCC(COC)NS(=O)(=O)c1ccc(OCCCN)cc1. The van der Waals surface area contributed by atoms with Gasteiger partial charge in [0.1, 0.15) is 5.75 Å². The highest BCUT2D eigenvalue weighted by Gasteiger charge is 2.18. The number of benzene rings is 1. The van der Waals surface area contributed by atoms with Crippen molar-refractivity contribution in [1.82, 2.24) is 4.72 Å². The third-order valence-electron chi connectivity index (χ3n) is 2.93. The van der Waals surface area contributed by atoms with Crippen molar-refractivity contribution in [3.63, 3.8) is 0 Å². The summed E-state index contributed by atoms with van der Waals surface area (Å²) in [6.07, 6.45) is 1.42. The van der Waals surface area contributed by atoms with Gasteiger partial charge in [-0.1, -0.05) is 6.92 Å². The maximum atomic E-state index is 12.2. The van der Waals surface area contributed by atoms with Crippen LogP contribution in [0.1, 0.15) is 19.8 Å². The van der Waals surface area contributed by atoms with E-state index in [4.69, 9.17) is 15.2 Å². The summed E-state index contributed by atoms with van der Waals surface area (Å²) in [5.41, 5.74) is 5.38. The molecule has 0 aliphatic rings. The van der Waals surface area contributed by atoms with Gasteiger partial charge >= 0.3 is 0 Å². The molecule has 0 aliphatic heterocycles. The van der Waals surface area contributed by atoms with Gasteiger partial charge in [0.15, 0.2) is 0 Å². The molecule has 0 heterocycles. The summed E-state index contributed by atoms with van der Waals surface area (Å²) in [5.74, 6) is 0.631. The molecule has 0 amide bonds. The molecule has 0 fully saturated rings. The minimum atomic E-state index is -3.54. The Kier molecular flexibility index (Phi) is 7.66. The largest absolute Gasteiger partial charge is 0.494 e. The van der Waals surface area contributed by atoms with Crippen molar-refractivity contribution >= 4 is 10.0 Å². The number of rotatable bonds is 10. The van der Waals surface area contributed by atoms with E-state index in [0.29, 0.717) is 31.9 Å². The first-order valence-corrected chi connectivity index (χ1v) is 8.46. The van der Waals surface area contributed by atoms with E-state index in [0.717, 1.165) is 6.42 Å². The molecule has 0 saturated carbocycles. The van der Waals surface area contributed by atoms with Crippen molar-refractivity contribution in [3.8, 4) is 5.75 Å². The first-order chi connectivity index (χ1) is 10.0. The zero-order valence-corrected chi connectivity index (χ0v) is 13.4. The lowest BCUT2D eigenvalue weighted by atomic mass is 10.3. The Balaban J connectivity index is 2.70. The van der Waals surface area contributed by atoms with E-state index < -0.39 is 10.0 Å². The number of methoxy groups -OCH3 is 1. The Labute approximate surface area is 126 Å². The second kappa shape index (κ2) is 8.99. The van der Waals surface area contributed by atoms with E-state index in [1.54, 1.807) is 19.2 Å². The maximum absolute atomic E-state index is 12.2. The molecule has 0 bridgehead atoms. The molecule has 6 nitrogen and oxygen atoms in total. The van der Waals surface area contributed by atoms with Crippen LogP contribution in [-0.4, -0.2) is 41.3 Å². The Morgan fingerprint density at radius 3 is 2.48 bits per heavy atom. The maximum Gasteiger partial charge on any atom is 0.240 e. The van der Waals surface area contributed by atoms with Gasteiger partial charge in [0.2, 0.25) is 10.0 Å². The lowest BCUT2D eigenvalue weighted by Crippen LogP contribution is -2.37. The topological polar surface area (TPSA) is 90.6 Å². The highest BCUT2D eigenvalue weighted by Crippen LogP contribution is 2.16. The number of hydrogen-bond acceptors (Lipinski definition) is 5. The van der Waals surface area contributed by atoms with Crippen LogP contribution in [0.5, 0.6) is 5.75 Å². The fourth-order valence-electron chi connectivity index (χ4n) is 1.71. The third kappa shape index (κ3) is 6.01. The van der Waals surface area contributed by atoms with Crippen LogP contribution in [0.3, 0.4) is 0 Å². The van der Waals surface area contributed by atoms with Crippen molar-refractivity contribution in [1.29, 1.82) is 0 Å². The molecule has 21 heavy (non-hydrogen) atoms. The molecule has 1 aromatic carbocycles. The summed E-state index contributed by atoms with van der Waals surface area (Å²) in [6, 6.07) is 6.10. The number of ether oxygens (including phenoxy) is 2. The standard InChI is InChI=1S/C14H24N2O4S/c1-3-12(11-19-2)16-21(17,18)14-7-5-13(6-8-14)20-10-4-9-15/h5-8,12,16H,3-4,9-11,15H2,1-2H3. The van der Waals surface area contributed by atoms with Gasteiger partial charge < -0.3 is 15.2 Å². The van der Waals surface area contributed by atoms with Crippen LogP contribution in [0.15, 0.2) is 29.2 Å². The van der Waals surface area contributed by atoms with Crippen molar-refractivity contribution in [2.24, 2.45) is 5.73 Å². The molecule has 0 radical (unpaired) electrons. The third-order valence-corrected chi connectivity index (χ3v) is 4.47. The average molecular weight is 316 g/mol. The van der Waals surface area contributed by atoms with Gasteiger partial charge in [-0.05, 0) is 43.7 Å². The predicted octanol–water partition coefficient (Wildman–Crippen LogP) is 1.12. The monoisotopic (exact) mass is 316 g/mol. The van der Waals surface area contributed by atoms with Gasteiger partial charge in [0, 0.05) is 13.2 Å². The van der Waals surface area contributed by atoms with Gasteiger partial charge in [-0.25, -0.2) is 13.1 Å². The summed E-state index contributed by atoms with van der Waals surface area (Å²) in [5, 5.41) is 0. The number of nitrogens with two attached hydrogens (primary N) is 1. The van der Waals surface area contributed by atoms with Crippen LogP contribution < -0.4 is 15.2 Å². The number of hydrogen-bond donors (Lipinski definition) is 2. The van der Waals surface area contributed by atoms with E-state index in [2.05, 4.69) is 4.72 Å². The van der Waals surface area contributed by atoms with E-state index in [1.165, 1.54) is 12.1 Å². The van der Waals surface area contributed by atoms with E-state index in [-0.39, 0.29) is 10.9 Å². The minimum absolute atomic E-state index is 0.211. The first-order valence-electron chi connectivity index (χ1n) is 6.97. The van der Waals surface area contributed by atoms with E-state index >= 15 is 0 Å². The van der Waals surface area contributed by atoms with E-state index in [1.807, 2.05) is 6.92 Å². The van der Waals surface area contributed by atoms with Gasteiger partial charge in [-0.2, -0.15) is 0 Å². The predicted molar refractivity (Wildman–Crippen MR) is 81.9 cm³/mol. The summed E-state index contributed by atoms with van der Waals surface area (Å²) in [7, 11) is -2.00.